The molecule has 0 saturated heterocycles. The summed E-state index contributed by atoms with van der Waals surface area (Å²) in [7, 11) is 0. The maximum Gasteiger partial charge on any atom is 0.0623 e. The lowest BCUT2D eigenvalue weighted by atomic mass is 10.1. The lowest BCUT2D eigenvalue weighted by Crippen LogP contribution is -1.85. The minimum atomic E-state index is 0.745. The molecule has 0 unspecified atom stereocenters. The van der Waals surface area contributed by atoms with Crippen LogP contribution in [0.2, 0.25) is 10.0 Å². The zero-order chi connectivity index (χ0) is 18.6. The summed E-state index contributed by atoms with van der Waals surface area (Å²) in [5.74, 6) is 0. The SMILES string of the molecule is Clc1c(Sc2cccc(-c3ccccc3)c2Cl)cccc1-c1ccccc1. The second kappa shape index (κ2) is 8.22. The van der Waals surface area contributed by atoms with Crippen LogP contribution in [-0.4, -0.2) is 0 Å². The third-order valence-electron chi connectivity index (χ3n) is 4.32. The fourth-order valence-corrected chi connectivity index (χ4v) is 4.61. The molecule has 0 atom stereocenters. The molecule has 0 saturated carbocycles. The van der Waals surface area contributed by atoms with Gasteiger partial charge in [-0.15, -0.1) is 0 Å². The van der Waals surface area contributed by atoms with Crippen molar-refractivity contribution >= 4 is 35.0 Å². The summed E-state index contributed by atoms with van der Waals surface area (Å²) >= 11 is 15.1. The van der Waals surface area contributed by atoms with Gasteiger partial charge in [0.05, 0.1) is 10.0 Å². The zero-order valence-electron chi connectivity index (χ0n) is 14.4. The van der Waals surface area contributed by atoms with Crippen molar-refractivity contribution in [3.8, 4) is 22.3 Å². The van der Waals surface area contributed by atoms with Crippen LogP contribution in [0.15, 0.2) is 107 Å². The molecule has 4 aromatic carbocycles. The third kappa shape index (κ3) is 3.91. The van der Waals surface area contributed by atoms with Crippen LogP contribution >= 0.6 is 35.0 Å². The molecule has 4 rings (SSSR count). The molecule has 3 heteroatoms. The summed E-state index contributed by atoms with van der Waals surface area (Å²) in [6, 6.07) is 32.6. The highest BCUT2D eigenvalue weighted by Gasteiger charge is 2.13. The minimum Gasteiger partial charge on any atom is -0.0869 e. The van der Waals surface area contributed by atoms with E-state index in [0.29, 0.717) is 0 Å². The number of rotatable bonds is 4. The molecule has 4 aromatic rings. The van der Waals surface area contributed by atoms with Gasteiger partial charge in [-0.3, -0.25) is 0 Å². The standard InChI is InChI=1S/C24H16Cl2S/c25-23-19(17-9-3-1-4-10-17)13-7-15-21(23)27-22-16-8-14-20(24(22)26)18-11-5-2-6-12-18/h1-16H. The van der Waals surface area contributed by atoms with Gasteiger partial charge in [-0.1, -0.05) is 120 Å². The number of hydrogen-bond acceptors (Lipinski definition) is 1. The van der Waals surface area contributed by atoms with Gasteiger partial charge >= 0.3 is 0 Å². The van der Waals surface area contributed by atoms with Gasteiger partial charge in [-0.05, 0) is 23.3 Å². The van der Waals surface area contributed by atoms with Gasteiger partial charge in [-0.2, -0.15) is 0 Å². The van der Waals surface area contributed by atoms with Crippen molar-refractivity contribution in [2.75, 3.05) is 0 Å². The Labute approximate surface area is 173 Å². The summed E-state index contributed by atoms with van der Waals surface area (Å²) in [6.07, 6.45) is 0. The Morgan fingerprint density at radius 3 is 1.26 bits per heavy atom. The first-order valence-electron chi connectivity index (χ1n) is 8.60. The molecule has 0 fully saturated rings. The number of halogens is 2. The van der Waals surface area contributed by atoms with E-state index in [1.165, 1.54) is 0 Å². The van der Waals surface area contributed by atoms with E-state index in [1.807, 2.05) is 72.8 Å². The maximum absolute atomic E-state index is 6.74. The van der Waals surface area contributed by atoms with Crippen LogP contribution in [0.3, 0.4) is 0 Å². The van der Waals surface area contributed by atoms with Crippen LogP contribution < -0.4 is 0 Å². The molecule has 0 N–H and O–H groups in total. The van der Waals surface area contributed by atoms with Crippen LogP contribution in [0.1, 0.15) is 0 Å². The summed E-state index contributed by atoms with van der Waals surface area (Å²) in [5, 5.41) is 1.49. The van der Waals surface area contributed by atoms with Crippen molar-refractivity contribution in [2.45, 2.75) is 9.79 Å². The molecule has 0 radical (unpaired) electrons. The van der Waals surface area contributed by atoms with Crippen LogP contribution in [0.4, 0.5) is 0 Å². The predicted octanol–water partition coefficient (Wildman–Crippen LogP) is 8.48. The van der Waals surface area contributed by atoms with E-state index >= 15 is 0 Å². The van der Waals surface area contributed by atoms with Gasteiger partial charge in [0.25, 0.3) is 0 Å². The lowest BCUT2D eigenvalue weighted by molar-refractivity contribution is 1.40. The Hall–Kier alpha value is -2.19. The molecule has 0 heterocycles. The lowest BCUT2D eigenvalue weighted by Gasteiger charge is -2.12. The smallest absolute Gasteiger partial charge is 0.0623 e. The van der Waals surface area contributed by atoms with E-state index in [4.69, 9.17) is 23.2 Å². The van der Waals surface area contributed by atoms with E-state index in [1.54, 1.807) is 11.8 Å². The second-order valence-electron chi connectivity index (χ2n) is 6.07. The van der Waals surface area contributed by atoms with Gasteiger partial charge < -0.3 is 0 Å². The van der Waals surface area contributed by atoms with Gasteiger partial charge in [0.15, 0.2) is 0 Å². The van der Waals surface area contributed by atoms with E-state index in [0.717, 1.165) is 42.1 Å². The van der Waals surface area contributed by atoms with Gasteiger partial charge in [0, 0.05) is 20.9 Å². The van der Waals surface area contributed by atoms with Crippen molar-refractivity contribution in [3.05, 3.63) is 107 Å². The molecule has 0 aliphatic heterocycles. The highest BCUT2D eigenvalue weighted by Crippen LogP contribution is 2.43. The molecule has 0 spiro atoms. The molecular formula is C24H16Cl2S. The van der Waals surface area contributed by atoms with Crippen molar-refractivity contribution in [2.24, 2.45) is 0 Å². The Kier molecular flexibility index (Phi) is 5.54. The van der Waals surface area contributed by atoms with E-state index < -0.39 is 0 Å². The minimum absolute atomic E-state index is 0.745. The van der Waals surface area contributed by atoms with E-state index in [-0.39, 0.29) is 0 Å². The van der Waals surface area contributed by atoms with Crippen molar-refractivity contribution in [1.82, 2.24) is 0 Å². The van der Waals surface area contributed by atoms with Crippen molar-refractivity contribution in [1.29, 1.82) is 0 Å². The quantitative estimate of drug-likeness (QED) is 0.327. The Balaban J connectivity index is 1.72. The summed E-state index contributed by atoms with van der Waals surface area (Å²) in [6.45, 7) is 0. The van der Waals surface area contributed by atoms with Crippen LogP contribution in [0.5, 0.6) is 0 Å². The Bertz CT molecular complexity index is 973. The first kappa shape index (κ1) is 18.2. The van der Waals surface area contributed by atoms with Crippen molar-refractivity contribution in [3.63, 3.8) is 0 Å². The molecule has 0 aliphatic carbocycles. The van der Waals surface area contributed by atoms with Crippen LogP contribution in [0, 0.1) is 0 Å². The third-order valence-corrected chi connectivity index (χ3v) is 6.47. The summed E-state index contributed by atoms with van der Waals surface area (Å²) in [5.41, 5.74) is 4.26. The summed E-state index contributed by atoms with van der Waals surface area (Å²) in [4.78, 5) is 1.98. The average molecular weight is 407 g/mol. The second-order valence-corrected chi connectivity index (χ2v) is 7.91. The van der Waals surface area contributed by atoms with E-state index in [9.17, 15) is 0 Å². The zero-order valence-corrected chi connectivity index (χ0v) is 16.7. The molecule has 0 aliphatic rings. The fourth-order valence-electron chi connectivity index (χ4n) is 2.98. The molecule has 0 amide bonds. The molecule has 27 heavy (non-hydrogen) atoms. The first-order chi connectivity index (χ1) is 13.2. The normalized spacial score (nSPS) is 10.7. The molecule has 132 valence electrons. The van der Waals surface area contributed by atoms with Gasteiger partial charge in [0.2, 0.25) is 0 Å². The van der Waals surface area contributed by atoms with Crippen LogP contribution in [-0.2, 0) is 0 Å². The number of hydrogen-bond donors (Lipinski definition) is 0. The van der Waals surface area contributed by atoms with Gasteiger partial charge in [-0.25, -0.2) is 0 Å². The Morgan fingerprint density at radius 1 is 0.444 bits per heavy atom. The van der Waals surface area contributed by atoms with Crippen LogP contribution in [0.25, 0.3) is 22.3 Å². The predicted molar refractivity (Wildman–Crippen MR) is 118 cm³/mol. The average Bonchev–Trinajstić information content (AvgIpc) is 2.72. The Morgan fingerprint density at radius 2 is 0.852 bits per heavy atom. The highest BCUT2D eigenvalue weighted by atomic mass is 35.5. The van der Waals surface area contributed by atoms with Gasteiger partial charge in [0.1, 0.15) is 0 Å². The molecular weight excluding hydrogens is 391 g/mol. The maximum atomic E-state index is 6.74. The number of benzene rings is 4. The summed E-state index contributed by atoms with van der Waals surface area (Å²) < 4.78 is 0. The molecule has 0 nitrogen and oxygen atoms in total. The van der Waals surface area contributed by atoms with E-state index in [2.05, 4.69) is 24.3 Å². The largest absolute Gasteiger partial charge is 0.0869 e. The van der Waals surface area contributed by atoms with Crippen molar-refractivity contribution < 1.29 is 0 Å². The fraction of sp³-hybridized carbons (Fsp3) is 0. The molecule has 0 bridgehead atoms. The monoisotopic (exact) mass is 406 g/mol. The topological polar surface area (TPSA) is 0 Å². The highest BCUT2D eigenvalue weighted by molar-refractivity contribution is 7.99. The molecule has 0 aromatic heterocycles. The first-order valence-corrected chi connectivity index (χ1v) is 10.2.